The number of fused-ring (bicyclic) bond motifs is 1. The molecule has 0 aliphatic carbocycles. The molecule has 7 nitrogen and oxygen atoms in total. The van der Waals surface area contributed by atoms with Crippen LogP contribution in [0.5, 0.6) is 0 Å². The molecule has 1 aliphatic heterocycles. The van der Waals surface area contributed by atoms with Crippen LogP contribution in [0.25, 0.3) is 0 Å². The molecule has 2 aromatic carbocycles. The highest BCUT2D eigenvalue weighted by atomic mass is 32.1. The maximum atomic E-state index is 13.5. The average molecular weight is 386 g/mol. The summed E-state index contributed by atoms with van der Waals surface area (Å²) in [5, 5.41) is 2.54. The van der Waals surface area contributed by atoms with Crippen molar-refractivity contribution in [3.05, 3.63) is 65.5 Å². The van der Waals surface area contributed by atoms with Crippen molar-refractivity contribution < 1.29 is 18.8 Å². The highest BCUT2D eigenvalue weighted by Crippen LogP contribution is 2.19. The molecule has 3 N–H and O–H groups in total. The third kappa shape index (κ3) is 4.26. The number of benzene rings is 2. The molecule has 0 fully saturated rings. The van der Waals surface area contributed by atoms with Crippen LogP contribution in [0.1, 0.15) is 15.9 Å². The zero-order chi connectivity index (χ0) is 19.4. The van der Waals surface area contributed by atoms with Crippen LogP contribution in [0.15, 0.2) is 48.5 Å². The fourth-order valence-electron chi connectivity index (χ4n) is 2.59. The van der Waals surface area contributed by atoms with E-state index >= 15 is 0 Å². The van der Waals surface area contributed by atoms with Gasteiger partial charge in [-0.15, -0.1) is 0 Å². The Morgan fingerprint density at radius 2 is 1.78 bits per heavy atom. The van der Waals surface area contributed by atoms with Crippen molar-refractivity contribution >= 4 is 40.7 Å². The van der Waals surface area contributed by atoms with Crippen molar-refractivity contribution in [3.63, 3.8) is 0 Å². The Bertz CT molecular complexity index is 934. The summed E-state index contributed by atoms with van der Waals surface area (Å²) in [7, 11) is 0. The van der Waals surface area contributed by atoms with Crippen LogP contribution in [0, 0.1) is 5.82 Å². The molecular weight excluding hydrogens is 371 g/mol. The molecule has 3 rings (SSSR count). The minimum atomic E-state index is -0.645. The Balaban J connectivity index is 1.55. The van der Waals surface area contributed by atoms with Gasteiger partial charge in [-0.05, 0) is 36.0 Å². The van der Waals surface area contributed by atoms with Crippen molar-refractivity contribution in [2.75, 3.05) is 11.9 Å². The smallest absolute Gasteiger partial charge is 0.261 e. The number of nitrogens with one attached hydrogen (secondary N) is 3. The molecule has 0 atom stereocenters. The fourth-order valence-corrected chi connectivity index (χ4v) is 2.75. The Morgan fingerprint density at radius 3 is 2.56 bits per heavy atom. The Kier molecular flexibility index (Phi) is 5.41. The molecule has 0 aromatic heterocycles. The van der Waals surface area contributed by atoms with Crippen molar-refractivity contribution in [1.82, 2.24) is 15.8 Å². The first-order chi connectivity index (χ1) is 13.0. The normalized spacial score (nSPS) is 13.0. The molecule has 0 saturated carbocycles. The lowest BCUT2D eigenvalue weighted by atomic mass is 9.98. The number of carbonyl (C=O) groups excluding carboxylic acids is 3. The molecular formula is C18H15FN4O3S. The first-order valence-electron chi connectivity index (χ1n) is 7.98. The van der Waals surface area contributed by atoms with E-state index in [4.69, 9.17) is 12.2 Å². The van der Waals surface area contributed by atoms with Gasteiger partial charge in [-0.1, -0.05) is 30.3 Å². The van der Waals surface area contributed by atoms with Crippen LogP contribution >= 0.6 is 12.2 Å². The lowest BCUT2D eigenvalue weighted by molar-refractivity contribution is -0.133. The highest BCUT2D eigenvalue weighted by molar-refractivity contribution is 7.80. The maximum Gasteiger partial charge on any atom is 0.261 e. The van der Waals surface area contributed by atoms with Crippen LogP contribution in [0.3, 0.4) is 0 Å². The van der Waals surface area contributed by atoms with Gasteiger partial charge in [0.2, 0.25) is 5.91 Å². The number of hydrogen-bond donors (Lipinski definition) is 3. The molecule has 0 saturated heterocycles. The third-order valence-corrected chi connectivity index (χ3v) is 4.08. The minimum Gasteiger partial charge on any atom is -0.329 e. The predicted molar refractivity (Wildman–Crippen MR) is 100 cm³/mol. The van der Waals surface area contributed by atoms with Crippen LogP contribution in [0.4, 0.5) is 10.1 Å². The number of carbonyl (C=O) groups is 3. The Morgan fingerprint density at radius 1 is 1.07 bits per heavy atom. The Hall–Kier alpha value is -3.33. The van der Waals surface area contributed by atoms with Gasteiger partial charge < -0.3 is 5.32 Å². The SMILES string of the molecule is O=C(CN1C(=O)Cc2ccccc2C1=O)NNC(=S)Nc1ccccc1F. The van der Waals surface area contributed by atoms with Crippen molar-refractivity contribution in [1.29, 1.82) is 0 Å². The molecule has 0 radical (unpaired) electrons. The molecule has 9 heteroatoms. The lowest BCUT2D eigenvalue weighted by Gasteiger charge is -2.26. The molecule has 2 aromatic rings. The number of para-hydroxylation sites is 1. The zero-order valence-electron chi connectivity index (χ0n) is 14.0. The second-order valence-corrected chi connectivity index (χ2v) is 6.13. The van der Waals surface area contributed by atoms with E-state index in [0.717, 1.165) is 4.90 Å². The molecule has 0 bridgehead atoms. The number of imide groups is 1. The summed E-state index contributed by atoms with van der Waals surface area (Å²) in [6.45, 7) is -0.457. The van der Waals surface area contributed by atoms with Gasteiger partial charge in [-0.3, -0.25) is 30.1 Å². The van der Waals surface area contributed by atoms with E-state index in [1.54, 1.807) is 30.3 Å². The number of hydrazine groups is 1. The summed E-state index contributed by atoms with van der Waals surface area (Å²) in [4.78, 5) is 37.5. The summed E-state index contributed by atoms with van der Waals surface area (Å²) >= 11 is 4.97. The van der Waals surface area contributed by atoms with E-state index < -0.39 is 30.1 Å². The molecule has 0 spiro atoms. The van der Waals surface area contributed by atoms with Crippen LogP contribution in [0.2, 0.25) is 0 Å². The van der Waals surface area contributed by atoms with Crippen LogP contribution < -0.4 is 16.2 Å². The zero-order valence-corrected chi connectivity index (χ0v) is 14.8. The number of amides is 3. The first-order valence-corrected chi connectivity index (χ1v) is 8.39. The van der Waals surface area contributed by atoms with E-state index in [-0.39, 0.29) is 17.2 Å². The second kappa shape index (κ2) is 7.92. The number of thiocarbonyl (C=S) groups is 1. The number of hydrogen-bond acceptors (Lipinski definition) is 4. The van der Waals surface area contributed by atoms with Gasteiger partial charge in [0.15, 0.2) is 5.11 Å². The molecule has 0 unspecified atom stereocenters. The van der Waals surface area contributed by atoms with E-state index in [1.165, 1.54) is 18.2 Å². The first kappa shape index (κ1) is 18.5. The van der Waals surface area contributed by atoms with Crippen molar-refractivity contribution in [2.45, 2.75) is 6.42 Å². The Labute approximate surface area is 159 Å². The van der Waals surface area contributed by atoms with Gasteiger partial charge in [-0.2, -0.15) is 0 Å². The van der Waals surface area contributed by atoms with Gasteiger partial charge in [0, 0.05) is 5.56 Å². The minimum absolute atomic E-state index is 0.0462. The summed E-state index contributed by atoms with van der Waals surface area (Å²) in [5.74, 6) is -2.13. The van der Waals surface area contributed by atoms with Gasteiger partial charge in [0.1, 0.15) is 12.4 Å². The number of rotatable bonds is 3. The maximum absolute atomic E-state index is 13.5. The average Bonchev–Trinajstić information content (AvgIpc) is 2.65. The predicted octanol–water partition coefficient (Wildman–Crippen LogP) is 1.37. The third-order valence-electron chi connectivity index (χ3n) is 3.87. The molecule has 1 heterocycles. The highest BCUT2D eigenvalue weighted by Gasteiger charge is 2.31. The van der Waals surface area contributed by atoms with Crippen molar-refractivity contribution in [2.24, 2.45) is 0 Å². The lowest BCUT2D eigenvalue weighted by Crippen LogP contribution is -2.51. The number of nitrogens with zero attached hydrogens (tertiary/aromatic N) is 1. The van der Waals surface area contributed by atoms with Crippen LogP contribution in [-0.2, 0) is 16.0 Å². The monoisotopic (exact) mass is 386 g/mol. The largest absolute Gasteiger partial charge is 0.329 e. The van der Waals surface area contributed by atoms with Gasteiger partial charge in [-0.25, -0.2) is 4.39 Å². The standard InChI is InChI=1S/C18H15FN4O3S/c19-13-7-3-4-8-14(13)20-18(27)22-21-15(24)10-23-16(25)9-11-5-1-2-6-12(11)17(23)26/h1-8H,9-10H2,(H,21,24)(H2,20,22,27). The molecule has 138 valence electrons. The van der Waals surface area contributed by atoms with Gasteiger partial charge in [0.25, 0.3) is 11.8 Å². The fraction of sp³-hybridized carbons (Fsp3) is 0.111. The second-order valence-electron chi connectivity index (χ2n) is 5.73. The van der Waals surface area contributed by atoms with E-state index in [0.29, 0.717) is 11.1 Å². The van der Waals surface area contributed by atoms with Crippen LogP contribution in [-0.4, -0.2) is 34.3 Å². The van der Waals surface area contributed by atoms with Crippen molar-refractivity contribution in [3.8, 4) is 0 Å². The van der Waals surface area contributed by atoms with Gasteiger partial charge in [0.05, 0.1) is 12.1 Å². The summed E-state index contributed by atoms with van der Waals surface area (Å²) in [5.41, 5.74) is 5.85. The van der Waals surface area contributed by atoms with E-state index in [9.17, 15) is 18.8 Å². The van der Waals surface area contributed by atoms with E-state index in [1.807, 2.05) is 0 Å². The topological polar surface area (TPSA) is 90.5 Å². The number of anilines is 1. The van der Waals surface area contributed by atoms with Gasteiger partial charge >= 0.3 is 0 Å². The summed E-state index contributed by atoms with van der Waals surface area (Å²) in [6, 6.07) is 12.6. The molecule has 27 heavy (non-hydrogen) atoms. The van der Waals surface area contributed by atoms with E-state index in [2.05, 4.69) is 16.2 Å². The number of halogens is 1. The summed E-state index contributed by atoms with van der Waals surface area (Å²) < 4.78 is 13.5. The molecule has 1 aliphatic rings. The summed E-state index contributed by atoms with van der Waals surface area (Å²) in [6.07, 6.45) is 0.0515. The quantitative estimate of drug-likeness (QED) is 0.419. The molecule has 3 amide bonds.